The van der Waals surface area contributed by atoms with Crippen molar-refractivity contribution in [2.24, 2.45) is 0 Å². The van der Waals surface area contributed by atoms with E-state index in [0.29, 0.717) is 23.0 Å². The molecule has 0 aliphatic rings. The number of hydrogen-bond donors (Lipinski definition) is 0. The number of rotatable bonds is 5. The molecule has 0 aliphatic heterocycles. The molecule has 0 radical (unpaired) electrons. The maximum atomic E-state index is 13.2. The van der Waals surface area contributed by atoms with Crippen LogP contribution in [0, 0.1) is 0 Å². The van der Waals surface area contributed by atoms with Gasteiger partial charge in [-0.15, -0.1) is 0 Å². The molecule has 0 saturated carbocycles. The molecule has 8 heteroatoms. The Balaban J connectivity index is 2.33. The maximum absolute atomic E-state index is 13.2. The van der Waals surface area contributed by atoms with Crippen molar-refractivity contribution in [3.05, 3.63) is 41.0 Å². The number of carbonyl (C=O) groups excluding carboxylic acids is 1. The lowest BCUT2D eigenvalue weighted by Crippen LogP contribution is -2.34. The predicted molar refractivity (Wildman–Crippen MR) is 86.5 cm³/mol. The third-order valence-corrected chi connectivity index (χ3v) is 4.42. The number of alkyl halides is 2. The summed E-state index contributed by atoms with van der Waals surface area (Å²) in [5.41, 5.74) is -0.268. The SMILES string of the molecule is CCN(CC)C(=O)n1cc(C(F)F)c(Sc2cccc(Cl)c2)n1. The molecule has 4 nitrogen and oxygen atoms in total. The molecular formula is C15H16ClF2N3OS. The first kappa shape index (κ1) is 17.7. The van der Waals surface area contributed by atoms with Crippen LogP contribution in [0.3, 0.4) is 0 Å². The van der Waals surface area contributed by atoms with Crippen LogP contribution in [0.4, 0.5) is 13.6 Å². The molecule has 2 aromatic rings. The van der Waals surface area contributed by atoms with E-state index in [2.05, 4.69) is 5.10 Å². The average Bonchev–Trinajstić information content (AvgIpc) is 2.92. The molecule has 23 heavy (non-hydrogen) atoms. The highest BCUT2D eigenvalue weighted by atomic mass is 35.5. The molecule has 2 rings (SSSR count). The fourth-order valence-corrected chi connectivity index (χ4v) is 3.18. The van der Waals surface area contributed by atoms with Gasteiger partial charge in [0.15, 0.2) is 0 Å². The molecule has 0 unspecified atom stereocenters. The Morgan fingerprint density at radius 1 is 1.39 bits per heavy atom. The smallest absolute Gasteiger partial charge is 0.323 e. The second-order valence-corrected chi connectivity index (χ2v) is 6.15. The molecule has 0 atom stereocenters. The van der Waals surface area contributed by atoms with E-state index in [9.17, 15) is 13.6 Å². The molecule has 0 spiro atoms. The van der Waals surface area contributed by atoms with E-state index in [0.717, 1.165) is 22.6 Å². The van der Waals surface area contributed by atoms with E-state index in [1.54, 1.807) is 24.3 Å². The monoisotopic (exact) mass is 359 g/mol. The molecule has 0 N–H and O–H groups in total. The van der Waals surface area contributed by atoms with E-state index in [4.69, 9.17) is 11.6 Å². The zero-order valence-electron chi connectivity index (χ0n) is 12.7. The van der Waals surface area contributed by atoms with Gasteiger partial charge < -0.3 is 4.90 Å². The van der Waals surface area contributed by atoms with E-state index in [1.807, 2.05) is 13.8 Å². The topological polar surface area (TPSA) is 38.1 Å². The maximum Gasteiger partial charge on any atom is 0.344 e. The summed E-state index contributed by atoms with van der Waals surface area (Å²) in [5, 5.41) is 4.64. The van der Waals surface area contributed by atoms with E-state index >= 15 is 0 Å². The number of aromatic nitrogens is 2. The zero-order valence-corrected chi connectivity index (χ0v) is 14.2. The van der Waals surface area contributed by atoms with Crippen LogP contribution in [0.5, 0.6) is 0 Å². The van der Waals surface area contributed by atoms with Crippen LogP contribution in [0.1, 0.15) is 25.8 Å². The minimum Gasteiger partial charge on any atom is -0.323 e. The Hall–Kier alpha value is -1.60. The first-order valence-electron chi connectivity index (χ1n) is 7.06. The van der Waals surface area contributed by atoms with Crippen molar-refractivity contribution in [3.63, 3.8) is 0 Å². The Morgan fingerprint density at radius 3 is 2.65 bits per heavy atom. The molecular weight excluding hydrogens is 344 g/mol. The molecule has 0 fully saturated rings. The first-order chi connectivity index (χ1) is 11.0. The van der Waals surface area contributed by atoms with Crippen molar-refractivity contribution in [2.75, 3.05) is 13.1 Å². The largest absolute Gasteiger partial charge is 0.344 e. The summed E-state index contributed by atoms with van der Waals surface area (Å²) in [5.74, 6) is 0. The molecule has 0 aliphatic carbocycles. The lowest BCUT2D eigenvalue weighted by Gasteiger charge is -2.17. The van der Waals surface area contributed by atoms with Crippen LogP contribution in [-0.4, -0.2) is 33.8 Å². The minimum absolute atomic E-state index is 0.0998. The van der Waals surface area contributed by atoms with Gasteiger partial charge in [-0.1, -0.05) is 29.4 Å². The Bertz CT molecular complexity index is 689. The van der Waals surface area contributed by atoms with Crippen LogP contribution < -0.4 is 0 Å². The number of carbonyl (C=O) groups is 1. The number of halogens is 3. The van der Waals surface area contributed by atoms with Gasteiger partial charge in [0.25, 0.3) is 6.43 Å². The van der Waals surface area contributed by atoms with Crippen molar-refractivity contribution in [3.8, 4) is 0 Å². The third kappa shape index (κ3) is 4.23. The van der Waals surface area contributed by atoms with Gasteiger partial charge in [0, 0.05) is 29.2 Å². The predicted octanol–water partition coefficient (Wildman–Crippen LogP) is 4.94. The highest BCUT2D eigenvalue weighted by molar-refractivity contribution is 7.99. The molecule has 0 bridgehead atoms. The summed E-state index contributed by atoms with van der Waals surface area (Å²) in [4.78, 5) is 14.4. The normalized spacial score (nSPS) is 11.0. The molecule has 1 aromatic heterocycles. The first-order valence-corrected chi connectivity index (χ1v) is 8.26. The summed E-state index contributed by atoms with van der Waals surface area (Å²) in [6.07, 6.45) is -1.62. The Kier molecular flexibility index (Phi) is 6.01. The zero-order chi connectivity index (χ0) is 17.0. The quantitative estimate of drug-likeness (QED) is 0.759. The van der Waals surface area contributed by atoms with Crippen LogP contribution >= 0.6 is 23.4 Å². The van der Waals surface area contributed by atoms with Gasteiger partial charge >= 0.3 is 6.03 Å². The molecule has 1 heterocycles. The second kappa shape index (κ2) is 7.79. The van der Waals surface area contributed by atoms with Crippen molar-refractivity contribution in [2.45, 2.75) is 30.2 Å². The molecule has 124 valence electrons. The number of amides is 1. The van der Waals surface area contributed by atoms with Gasteiger partial charge in [-0.05, 0) is 32.0 Å². The van der Waals surface area contributed by atoms with Crippen LogP contribution in [0.15, 0.2) is 40.4 Å². The van der Waals surface area contributed by atoms with Gasteiger partial charge in [0.2, 0.25) is 0 Å². The Morgan fingerprint density at radius 2 is 2.09 bits per heavy atom. The van der Waals surface area contributed by atoms with Crippen molar-refractivity contribution >= 4 is 29.4 Å². The van der Waals surface area contributed by atoms with Gasteiger partial charge in [-0.2, -0.15) is 9.78 Å². The molecule has 1 amide bonds. The number of benzene rings is 1. The Labute approximate surface area is 142 Å². The minimum atomic E-state index is -2.71. The summed E-state index contributed by atoms with van der Waals surface area (Å²) < 4.78 is 27.4. The van der Waals surface area contributed by atoms with Gasteiger partial charge in [0.1, 0.15) is 5.03 Å². The van der Waals surface area contributed by atoms with E-state index < -0.39 is 12.5 Å². The van der Waals surface area contributed by atoms with Crippen molar-refractivity contribution < 1.29 is 13.6 Å². The standard InChI is InChI=1S/C15H16ClF2N3OS/c1-3-20(4-2)15(22)21-9-12(13(17)18)14(19-21)23-11-7-5-6-10(16)8-11/h5-9,13H,3-4H2,1-2H3. The van der Waals surface area contributed by atoms with E-state index in [1.165, 1.54) is 4.90 Å². The van der Waals surface area contributed by atoms with Crippen molar-refractivity contribution in [1.29, 1.82) is 0 Å². The van der Waals surface area contributed by atoms with Gasteiger partial charge in [0.05, 0.1) is 5.56 Å². The van der Waals surface area contributed by atoms with Crippen LogP contribution in [0.2, 0.25) is 5.02 Å². The number of hydrogen-bond acceptors (Lipinski definition) is 3. The van der Waals surface area contributed by atoms with Gasteiger partial charge in [-0.25, -0.2) is 13.6 Å². The highest BCUT2D eigenvalue weighted by Crippen LogP contribution is 2.35. The lowest BCUT2D eigenvalue weighted by molar-refractivity contribution is 0.148. The number of nitrogens with zero attached hydrogens (tertiary/aromatic N) is 3. The lowest BCUT2D eigenvalue weighted by atomic mass is 10.4. The summed E-state index contributed by atoms with van der Waals surface area (Å²) in [7, 11) is 0. The molecule has 0 saturated heterocycles. The summed E-state index contributed by atoms with van der Waals surface area (Å²) in [6, 6.07) is 6.41. The fourth-order valence-electron chi connectivity index (χ4n) is 1.98. The van der Waals surface area contributed by atoms with Gasteiger partial charge in [-0.3, -0.25) is 0 Å². The summed E-state index contributed by atoms with van der Waals surface area (Å²) >= 11 is 6.96. The van der Waals surface area contributed by atoms with Crippen LogP contribution in [-0.2, 0) is 0 Å². The highest BCUT2D eigenvalue weighted by Gasteiger charge is 2.23. The average molecular weight is 360 g/mol. The van der Waals surface area contributed by atoms with Crippen LogP contribution in [0.25, 0.3) is 0 Å². The van der Waals surface area contributed by atoms with Crippen molar-refractivity contribution in [1.82, 2.24) is 14.7 Å². The summed E-state index contributed by atoms with van der Waals surface area (Å²) in [6.45, 7) is 4.60. The fraction of sp³-hybridized carbons (Fsp3) is 0.333. The molecule has 1 aromatic carbocycles. The van der Waals surface area contributed by atoms with E-state index in [-0.39, 0.29) is 10.6 Å². The third-order valence-electron chi connectivity index (χ3n) is 3.18. The second-order valence-electron chi connectivity index (χ2n) is 4.65.